The third kappa shape index (κ3) is 5.02. The zero-order chi connectivity index (χ0) is 15.3. The van der Waals surface area contributed by atoms with E-state index in [2.05, 4.69) is 14.8 Å². The first-order valence-electron chi connectivity index (χ1n) is 6.63. The normalized spacial score (nSPS) is 11.5. The molecule has 0 saturated carbocycles. The molecule has 0 unspecified atom stereocenters. The molecule has 0 atom stereocenters. The quantitative estimate of drug-likeness (QED) is 0.847. The summed E-state index contributed by atoms with van der Waals surface area (Å²) in [7, 11) is -3.37. The molecule has 2 rings (SSSR count). The summed E-state index contributed by atoms with van der Waals surface area (Å²) in [6, 6.07) is 7.38. The summed E-state index contributed by atoms with van der Waals surface area (Å²) in [4.78, 5) is 3.96. The Hall–Kier alpha value is -1.60. The summed E-state index contributed by atoms with van der Waals surface area (Å²) in [5.74, 6) is 0.167. The molecule has 6 nitrogen and oxygen atoms in total. The molecule has 0 aliphatic heterocycles. The number of rotatable bonds is 7. The van der Waals surface area contributed by atoms with E-state index in [0.29, 0.717) is 18.0 Å². The maximum atomic E-state index is 11.8. The van der Waals surface area contributed by atoms with Crippen LogP contribution in [-0.4, -0.2) is 28.9 Å². The van der Waals surface area contributed by atoms with Crippen LogP contribution < -0.4 is 4.72 Å². The lowest BCUT2D eigenvalue weighted by Gasteiger charge is -2.03. The Labute approximate surface area is 129 Å². The monoisotopic (exact) mass is 328 g/mol. The molecule has 21 heavy (non-hydrogen) atoms. The van der Waals surface area contributed by atoms with Crippen molar-refractivity contribution in [1.29, 1.82) is 0 Å². The number of hydrogen-bond acceptors (Lipinski definition) is 4. The topological polar surface area (TPSA) is 76.9 Å². The van der Waals surface area contributed by atoms with Gasteiger partial charge in [-0.15, -0.1) is 5.10 Å². The number of nitrogens with zero attached hydrogens (tertiary/aromatic N) is 3. The van der Waals surface area contributed by atoms with Crippen molar-refractivity contribution < 1.29 is 8.42 Å². The van der Waals surface area contributed by atoms with Gasteiger partial charge in [-0.3, -0.25) is 0 Å². The number of aromatic nitrogens is 3. The molecule has 1 N–H and O–H groups in total. The molecular formula is C13H17ClN4O2S. The van der Waals surface area contributed by atoms with E-state index in [4.69, 9.17) is 11.6 Å². The lowest BCUT2D eigenvalue weighted by molar-refractivity contribution is 0.597. The van der Waals surface area contributed by atoms with Gasteiger partial charge in [0.25, 0.3) is 5.95 Å². The van der Waals surface area contributed by atoms with Crippen LogP contribution in [-0.2, 0) is 16.6 Å². The molecule has 114 valence electrons. The number of benzene rings is 1. The van der Waals surface area contributed by atoms with Gasteiger partial charge in [0.2, 0.25) is 10.0 Å². The Balaban J connectivity index is 2.01. The number of sulfonamides is 1. The van der Waals surface area contributed by atoms with Crippen molar-refractivity contribution in [2.75, 3.05) is 10.5 Å². The van der Waals surface area contributed by atoms with E-state index in [9.17, 15) is 8.42 Å². The zero-order valence-electron chi connectivity index (χ0n) is 11.7. The molecule has 0 radical (unpaired) electrons. The minimum absolute atomic E-state index is 0.0757. The van der Waals surface area contributed by atoms with Crippen LogP contribution in [0.3, 0.4) is 0 Å². The van der Waals surface area contributed by atoms with E-state index in [1.165, 1.54) is 6.33 Å². The Morgan fingerprint density at radius 2 is 2.19 bits per heavy atom. The van der Waals surface area contributed by atoms with E-state index in [0.717, 1.165) is 12.0 Å². The summed E-state index contributed by atoms with van der Waals surface area (Å²) >= 11 is 5.91. The molecule has 1 aromatic carbocycles. The molecule has 8 heteroatoms. The second kappa shape index (κ2) is 6.91. The van der Waals surface area contributed by atoms with Gasteiger partial charge in [0.1, 0.15) is 6.33 Å². The Morgan fingerprint density at radius 3 is 2.90 bits per heavy atom. The van der Waals surface area contributed by atoms with Gasteiger partial charge >= 0.3 is 0 Å². The Kier molecular flexibility index (Phi) is 5.19. The molecule has 0 amide bonds. The molecule has 0 fully saturated rings. The molecule has 0 saturated heterocycles. The van der Waals surface area contributed by atoms with Gasteiger partial charge in [0.15, 0.2) is 0 Å². The lowest BCUT2D eigenvalue weighted by Crippen LogP contribution is -2.17. The Bertz CT molecular complexity index is 700. The average Bonchev–Trinajstić information content (AvgIpc) is 2.83. The van der Waals surface area contributed by atoms with Crippen LogP contribution in [0, 0.1) is 0 Å². The number of hydrogen-bond donors (Lipinski definition) is 1. The van der Waals surface area contributed by atoms with E-state index < -0.39 is 10.0 Å². The molecular weight excluding hydrogens is 312 g/mol. The highest BCUT2D eigenvalue weighted by molar-refractivity contribution is 7.92. The van der Waals surface area contributed by atoms with Crippen molar-refractivity contribution >= 4 is 27.6 Å². The molecule has 0 aliphatic rings. The standard InChI is InChI=1S/C13H17ClN4O2S/c1-2-3-7-21(19,20)17-13-15-10-18(16-13)9-11-5-4-6-12(14)8-11/h4-6,8,10H,2-3,7,9H2,1H3,(H,16,17). The predicted octanol–water partition coefficient (Wildman–Crippen LogP) is 2.52. The molecule has 0 bridgehead atoms. The smallest absolute Gasteiger partial charge is 0.250 e. The van der Waals surface area contributed by atoms with Gasteiger partial charge in [-0.2, -0.15) is 4.98 Å². The van der Waals surface area contributed by atoms with Gasteiger partial charge in [-0.25, -0.2) is 17.8 Å². The fraction of sp³-hybridized carbons (Fsp3) is 0.385. The molecule has 0 aliphatic carbocycles. The van der Waals surface area contributed by atoms with Crippen molar-refractivity contribution in [2.24, 2.45) is 0 Å². The molecule has 1 aromatic heterocycles. The number of halogens is 1. The van der Waals surface area contributed by atoms with Gasteiger partial charge < -0.3 is 0 Å². The van der Waals surface area contributed by atoms with E-state index in [1.54, 1.807) is 10.7 Å². The zero-order valence-corrected chi connectivity index (χ0v) is 13.2. The SMILES string of the molecule is CCCCS(=O)(=O)Nc1ncn(Cc2cccc(Cl)c2)n1. The largest absolute Gasteiger partial charge is 0.255 e. The molecule has 0 spiro atoms. The van der Waals surface area contributed by atoms with Crippen LogP contribution in [0.2, 0.25) is 5.02 Å². The highest BCUT2D eigenvalue weighted by atomic mass is 35.5. The van der Waals surface area contributed by atoms with Crippen molar-refractivity contribution in [2.45, 2.75) is 26.3 Å². The number of unbranched alkanes of at least 4 members (excludes halogenated alkanes) is 1. The molecule has 1 heterocycles. The van der Waals surface area contributed by atoms with Crippen molar-refractivity contribution in [1.82, 2.24) is 14.8 Å². The Morgan fingerprint density at radius 1 is 1.38 bits per heavy atom. The first-order valence-corrected chi connectivity index (χ1v) is 8.66. The van der Waals surface area contributed by atoms with Crippen LogP contribution in [0.25, 0.3) is 0 Å². The van der Waals surface area contributed by atoms with Crippen molar-refractivity contribution in [3.63, 3.8) is 0 Å². The van der Waals surface area contributed by atoms with Crippen LogP contribution >= 0.6 is 11.6 Å². The van der Waals surface area contributed by atoms with Gasteiger partial charge in [-0.05, 0) is 24.1 Å². The predicted molar refractivity (Wildman–Crippen MR) is 82.9 cm³/mol. The third-order valence-electron chi connectivity index (χ3n) is 2.78. The summed E-state index contributed by atoms with van der Waals surface area (Å²) in [6.45, 7) is 2.41. The second-order valence-corrected chi connectivity index (χ2v) is 6.95. The van der Waals surface area contributed by atoms with E-state index in [1.807, 2.05) is 25.1 Å². The summed E-state index contributed by atoms with van der Waals surface area (Å²) < 4.78 is 27.4. The number of nitrogens with one attached hydrogen (secondary N) is 1. The second-order valence-electron chi connectivity index (χ2n) is 4.67. The summed E-state index contributed by atoms with van der Waals surface area (Å²) in [5.41, 5.74) is 0.966. The molecule has 2 aromatic rings. The first kappa shape index (κ1) is 15.8. The fourth-order valence-corrected chi connectivity index (χ4v) is 3.12. The first-order chi connectivity index (χ1) is 9.98. The van der Waals surface area contributed by atoms with Gasteiger partial charge in [-0.1, -0.05) is 37.1 Å². The highest BCUT2D eigenvalue weighted by Gasteiger charge is 2.12. The van der Waals surface area contributed by atoms with E-state index in [-0.39, 0.29) is 11.7 Å². The van der Waals surface area contributed by atoms with Gasteiger partial charge in [0, 0.05) is 5.02 Å². The van der Waals surface area contributed by atoms with Crippen LogP contribution in [0.4, 0.5) is 5.95 Å². The highest BCUT2D eigenvalue weighted by Crippen LogP contribution is 2.12. The summed E-state index contributed by atoms with van der Waals surface area (Å²) in [5, 5.41) is 4.75. The number of anilines is 1. The van der Waals surface area contributed by atoms with Crippen LogP contribution in [0.1, 0.15) is 25.3 Å². The average molecular weight is 329 g/mol. The maximum absolute atomic E-state index is 11.8. The summed E-state index contributed by atoms with van der Waals surface area (Å²) in [6.07, 6.45) is 2.91. The van der Waals surface area contributed by atoms with Crippen LogP contribution in [0.5, 0.6) is 0 Å². The van der Waals surface area contributed by atoms with Crippen LogP contribution in [0.15, 0.2) is 30.6 Å². The third-order valence-corrected chi connectivity index (χ3v) is 4.34. The van der Waals surface area contributed by atoms with E-state index >= 15 is 0 Å². The minimum atomic E-state index is -3.37. The fourth-order valence-electron chi connectivity index (χ4n) is 1.76. The van der Waals surface area contributed by atoms with Crippen molar-refractivity contribution in [3.05, 3.63) is 41.2 Å². The lowest BCUT2D eigenvalue weighted by atomic mass is 10.2. The van der Waals surface area contributed by atoms with Gasteiger partial charge in [0.05, 0.1) is 12.3 Å². The maximum Gasteiger partial charge on any atom is 0.255 e. The minimum Gasteiger partial charge on any atom is -0.250 e. The van der Waals surface area contributed by atoms with Crippen molar-refractivity contribution in [3.8, 4) is 0 Å².